The number of pyridine rings is 1. The van der Waals surface area contributed by atoms with Crippen LogP contribution in [0.5, 0.6) is 0 Å². The predicted molar refractivity (Wildman–Crippen MR) is 118 cm³/mol. The molecular weight excluding hydrogens is 408 g/mol. The largest absolute Gasteiger partial charge is 0.351 e. The van der Waals surface area contributed by atoms with Gasteiger partial charge >= 0.3 is 0 Å². The lowest BCUT2D eigenvalue weighted by molar-refractivity contribution is -0.115. The van der Waals surface area contributed by atoms with Crippen molar-refractivity contribution >= 4 is 40.9 Å². The molecule has 0 aliphatic carbocycles. The minimum Gasteiger partial charge on any atom is -0.351 e. The van der Waals surface area contributed by atoms with Gasteiger partial charge in [-0.25, -0.2) is 4.98 Å². The summed E-state index contributed by atoms with van der Waals surface area (Å²) in [5, 5.41) is 8.64. The molecule has 5 N–H and O–H groups in total. The first-order valence-electron chi connectivity index (χ1n) is 9.25. The second kappa shape index (κ2) is 9.55. The number of benzene rings is 1. The molecule has 160 valence electrons. The van der Waals surface area contributed by atoms with Crippen LogP contribution in [0.3, 0.4) is 0 Å². The number of rotatable bonds is 6. The lowest BCUT2D eigenvalue weighted by Gasteiger charge is -2.13. The highest BCUT2D eigenvalue weighted by Crippen LogP contribution is 2.21. The van der Waals surface area contributed by atoms with Crippen LogP contribution in [0.4, 0.5) is 5.69 Å². The van der Waals surface area contributed by atoms with Gasteiger partial charge in [0.25, 0.3) is 11.5 Å². The third-order valence-electron chi connectivity index (χ3n) is 4.79. The second-order valence-electron chi connectivity index (χ2n) is 6.81. The molecule has 3 aromatic rings. The van der Waals surface area contributed by atoms with E-state index in [0.717, 1.165) is 5.56 Å². The number of halogens is 1. The van der Waals surface area contributed by atoms with E-state index in [-0.39, 0.29) is 36.2 Å². The molecule has 0 saturated carbocycles. The number of carbonyl (C=O) groups is 2. The molecule has 0 atom stereocenters. The highest BCUT2D eigenvalue weighted by molar-refractivity contribution is 6.04. The van der Waals surface area contributed by atoms with Crippen LogP contribution >= 0.6 is 12.4 Å². The van der Waals surface area contributed by atoms with Crippen molar-refractivity contribution < 1.29 is 9.59 Å². The number of nitrogens with one attached hydrogen (secondary N) is 3. The Balaban J connectivity index is 0.00000320. The lowest BCUT2D eigenvalue weighted by Crippen LogP contribution is -2.30. The summed E-state index contributed by atoms with van der Waals surface area (Å²) in [4.78, 5) is 41.7. The zero-order valence-electron chi connectivity index (χ0n) is 17.0. The summed E-state index contributed by atoms with van der Waals surface area (Å²) in [6, 6.07) is 6.76. The van der Waals surface area contributed by atoms with Crippen LogP contribution in [0.25, 0.3) is 11.0 Å². The monoisotopic (exact) mass is 432 g/mol. The zero-order valence-corrected chi connectivity index (χ0v) is 17.9. The molecule has 9 nitrogen and oxygen atoms in total. The Kier molecular flexibility index (Phi) is 7.36. The first-order chi connectivity index (χ1) is 13.8. The van der Waals surface area contributed by atoms with Crippen molar-refractivity contribution in [3.05, 3.63) is 57.0 Å². The molecule has 0 fully saturated rings. The number of amides is 2. The number of aromatic nitrogens is 3. The average Bonchev–Trinajstić information content (AvgIpc) is 2.97. The summed E-state index contributed by atoms with van der Waals surface area (Å²) in [6.45, 7) is 4.29. The van der Waals surface area contributed by atoms with Crippen LogP contribution < -0.4 is 21.9 Å². The number of anilines is 1. The summed E-state index contributed by atoms with van der Waals surface area (Å²) >= 11 is 0. The molecule has 2 heterocycles. The van der Waals surface area contributed by atoms with Gasteiger partial charge in [-0.15, -0.1) is 12.4 Å². The molecule has 0 radical (unpaired) electrons. The van der Waals surface area contributed by atoms with Gasteiger partial charge in [0.05, 0.1) is 23.1 Å². The van der Waals surface area contributed by atoms with Crippen molar-refractivity contribution in [2.24, 2.45) is 12.8 Å². The van der Waals surface area contributed by atoms with E-state index in [1.54, 1.807) is 42.9 Å². The normalized spacial score (nSPS) is 10.5. The molecule has 30 heavy (non-hydrogen) atoms. The number of nitrogens with zero attached hydrogens (tertiary/aromatic N) is 2. The third-order valence-corrected chi connectivity index (χ3v) is 4.79. The molecule has 0 aliphatic rings. The molecule has 0 spiro atoms. The Morgan fingerprint density at radius 1 is 1.23 bits per heavy atom. The van der Waals surface area contributed by atoms with Crippen LogP contribution in [0.15, 0.2) is 29.1 Å². The van der Waals surface area contributed by atoms with E-state index in [4.69, 9.17) is 5.73 Å². The summed E-state index contributed by atoms with van der Waals surface area (Å²) in [5.74, 6) is -0.610. The minimum atomic E-state index is -0.308. The molecule has 2 aromatic heterocycles. The van der Waals surface area contributed by atoms with Crippen molar-refractivity contribution in [2.45, 2.75) is 20.3 Å². The lowest BCUT2D eigenvalue weighted by atomic mass is 10.0. The van der Waals surface area contributed by atoms with Crippen molar-refractivity contribution in [1.82, 2.24) is 20.1 Å². The molecule has 0 unspecified atom stereocenters. The van der Waals surface area contributed by atoms with Crippen molar-refractivity contribution in [3.63, 3.8) is 0 Å². The van der Waals surface area contributed by atoms with E-state index in [1.807, 2.05) is 6.92 Å². The van der Waals surface area contributed by atoms with E-state index in [9.17, 15) is 14.4 Å². The number of carbonyl (C=O) groups excluding carboxylic acids is 2. The van der Waals surface area contributed by atoms with E-state index in [2.05, 4.69) is 20.7 Å². The summed E-state index contributed by atoms with van der Waals surface area (Å²) in [6.07, 6.45) is 0.0354. The van der Waals surface area contributed by atoms with E-state index < -0.39 is 0 Å². The van der Waals surface area contributed by atoms with Gasteiger partial charge in [0.1, 0.15) is 0 Å². The maximum atomic E-state index is 12.7. The van der Waals surface area contributed by atoms with Crippen LogP contribution in [0.1, 0.15) is 27.2 Å². The summed E-state index contributed by atoms with van der Waals surface area (Å²) in [7, 11) is 1.72. The molecule has 0 aliphatic heterocycles. The minimum absolute atomic E-state index is 0. The van der Waals surface area contributed by atoms with Crippen molar-refractivity contribution in [1.29, 1.82) is 0 Å². The van der Waals surface area contributed by atoms with Crippen molar-refractivity contribution in [2.75, 3.05) is 18.4 Å². The number of aromatic amines is 1. The van der Waals surface area contributed by atoms with Gasteiger partial charge in [-0.3, -0.25) is 24.2 Å². The molecule has 0 bridgehead atoms. The Morgan fingerprint density at radius 3 is 2.63 bits per heavy atom. The number of fused-ring (bicyclic) bond motifs is 1. The maximum Gasteiger partial charge on any atom is 0.273 e. The highest BCUT2D eigenvalue weighted by Gasteiger charge is 2.18. The van der Waals surface area contributed by atoms with Gasteiger partial charge in [-0.05, 0) is 37.1 Å². The first-order valence-corrected chi connectivity index (χ1v) is 9.25. The third kappa shape index (κ3) is 4.52. The number of hydrogen-bond acceptors (Lipinski definition) is 5. The highest BCUT2D eigenvalue weighted by atomic mass is 35.5. The van der Waals surface area contributed by atoms with Crippen molar-refractivity contribution in [3.8, 4) is 0 Å². The number of hydrogen-bond donors (Lipinski definition) is 4. The molecule has 3 rings (SSSR count). The predicted octanol–water partition coefficient (Wildman–Crippen LogP) is 1.17. The van der Waals surface area contributed by atoms with Gasteiger partial charge in [0.15, 0.2) is 5.65 Å². The quantitative estimate of drug-likeness (QED) is 0.463. The first kappa shape index (κ1) is 23.1. The molecule has 1 aromatic carbocycles. The van der Waals surface area contributed by atoms with E-state index in [1.165, 1.54) is 0 Å². The van der Waals surface area contributed by atoms with Crippen LogP contribution in [0.2, 0.25) is 0 Å². The molecule has 2 amide bonds. The van der Waals surface area contributed by atoms with Crippen LogP contribution in [-0.4, -0.2) is 39.7 Å². The Morgan fingerprint density at radius 2 is 1.93 bits per heavy atom. The topological polar surface area (TPSA) is 135 Å². The fourth-order valence-corrected chi connectivity index (χ4v) is 3.33. The Hall–Kier alpha value is -3.17. The second-order valence-corrected chi connectivity index (χ2v) is 6.81. The Bertz CT molecular complexity index is 1150. The number of nitrogens with two attached hydrogens (primary N) is 1. The molecule has 10 heteroatoms. The van der Waals surface area contributed by atoms with E-state index >= 15 is 0 Å². The van der Waals surface area contributed by atoms with Crippen LogP contribution in [0, 0.1) is 13.8 Å². The Labute approximate surface area is 179 Å². The fraction of sp³-hybridized carbons (Fsp3) is 0.300. The summed E-state index contributed by atoms with van der Waals surface area (Å²) in [5.41, 5.74) is 8.59. The van der Waals surface area contributed by atoms with Gasteiger partial charge in [0, 0.05) is 25.8 Å². The number of aryl methyl sites for hydroxylation is 3. The van der Waals surface area contributed by atoms with Gasteiger partial charge in [-0.1, -0.05) is 12.1 Å². The molecule has 0 saturated heterocycles. The number of para-hydroxylation sites is 1. The summed E-state index contributed by atoms with van der Waals surface area (Å²) < 4.78 is 1.57. The number of H-pyrrole nitrogens is 1. The van der Waals surface area contributed by atoms with Gasteiger partial charge < -0.3 is 16.4 Å². The smallest absolute Gasteiger partial charge is 0.273 e. The zero-order chi connectivity index (χ0) is 21.1. The van der Waals surface area contributed by atoms with Gasteiger partial charge in [-0.2, -0.15) is 0 Å². The fourth-order valence-electron chi connectivity index (χ4n) is 3.33. The SMILES string of the molecule is Cc1nc2c(c(C)c1CC(=O)Nc1ccccc1C(=O)NCCN)c(=O)[nH]n2C.Cl. The maximum absolute atomic E-state index is 12.7. The molecular formula is C20H25ClN6O3. The van der Waals surface area contributed by atoms with E-state index in [0.29, 0.717) is 46.6 Å². The standard InChI is InChI=1S/C20H24N6O3.ClH/c1-11-14(12(2)23-18-17(11)20(29)25-26(18)3)10-16(27)24-15-7-5-4-6-13(15)19(28)22-9-8-21;/h4-7H,8-10,21H2,1-3H3,(H,22,28)(H,24,27)(H,25,29);1H. The van der Waals surface area contributed by atoms with Crippen LogP contribution in [-0.2, 0) is 18.3 Å². The van der Waals surface area contributed by atoms with Gasteiger partial charge in [0.2, 0.25) is 5.91 Å². The average molecular weight is 433 g/mol.